The first-order valence-corrected chi connectivity index (χ1v) is 14.4. The largest absolute Gasteiger partial charge is 0.466 e. The van der Waals surface area contributed by atoms with Gasteiger partial charge in [-0.15, -0.1) is 5.10 Å². The van der Waals surface area contributed by atoms with Crippen molar-refractivity contribution in [1.29, 1.82) is 0 Å². The van der Waals surface area contributed by atoms with Crippen LogP contribution in [0.5, 0.6) is 0 Å². The number of para-hydroxylation sites is 1. The molecule has 3 atom stereocenters. The summed E-state index contributed by atoms with van der Waals surface area (Å²) in [4.78, 5) is 13.8. The second-order valence-electron chi connectivity index (χ2n) is 10.7. The number of benzene rings is 2. The van der Waals surface area contributed by atoms with E-state index >= 15 is 4.39 Å². The summed E-state index contributed by atoms with van der Waals surface area (Å²) in [5.74, 6) is 0.206. The van der Waals surface area contributed by atoms with E-state index in [1.54, 1.807) is 29.8 Å². The van der Waals surface area contributed by atoms with Crippen molar-refractivity contribution in [1.82, 2.24) is 15.0 Å². The van der Waals surface area contributed by atoms with E-state index in [9.17, 15) is 4.79 Å². The maximum absolute atomic E-state index is 15.1. The topological polar surface area (TPSA) is 69.5 Å². The molecule has 2 aliphatic carbocycles. The number of carbonyl (C=O) groups is 1. The number of carbonyl (C=O) groups excluding carboxylic acids is 1. The molecule has 1 aromatic heterocycles. The number of hydrogen-bond acceptors (Lipinski definition) is 6. The minimum atomic E-state index is -0.261. The fourth-order valence-corrected chi connectivity index (χ4v) is 6.56. The Kier molecular flexibility index (Phi) is 7.53. The molecule has 3 fully saturated rings. The fraction of sp³-hybridized carbons (Fsp3) is 0.483. The molecular formula is C29H31Cl2FN4O3. The van der Waals surface area contributed by atoms with Crippen molar-refractivity contribution in [2.75, 3.05) is 18.1 Å². The van der Waals surface area contributed by atoms with Crippen LogP contribution < -0.4 is 4.90 Å². The molecule has 206 valence electrons. The van der Waals surface area contributed by atoms with E-state index in [1.807, 2.05) is 18.2 Å². The molecule has 3 aliphatic rings. The van der Waals surface area contributed by atoms with Gasteiger partial charge < -0.3 is 14.4 Å². The Bertz CT molecular complexity index is 1360. The summed E-state index contributed by atoms with van der Waals surface area (Å²) in [5, 5.41) is 9.90. The van der Waals surface area contributed by atoms with Crippen LogP contribution in [0.3, 0.4) is 0 Å². The van der Waals surface area contributed by atoms with Gasteiger partial charge in [-0.25, -0.2) is 9.07 Å². The average molecular weight is 573 g/mol. The lowest BCUT2D eigenvalue weighted by Gasteiger charge is -2.33. The molecule has 0 radical (unpaired) electrons. The molecule has 0 N–H and O–H groups in total. The van der Waals surface area contributed by atoms with E-state index in [1.165, 1.54) is 0 Å². The van der Waals surface area contributed by atoms with Crippen molar-refractivity contribution in [2.45, 2.75) is 70.1 Å². The van der Waals surface area contributed by atoms with Crippen LogP contribution in [0.1, 0.15) is 61.9 Å². The highest BCUT2D eigenvalue weighted by Crippen LogP contribution is 2.45. The number of nitrogens with zero attached hydrogens (tertiary/aromatic N) is 4. The smallest absolute Gasteiger partial charge is 0.306 e. The lowest BCUT2D eigenvalue weighted by atomic mass is 10.0. The van der Waals surface area contributed by atoms with Crippen LogP contribution in [-0.4, -0.2) is 46.3 Å². The maximum Gasteiger partial charge on any atom is 0.306 e. The SMILES string of the molecule is CCOC(=O)CCc1ccc(N2C[C@@H]3C[C@H]2C[C@H]3OCc2c(C3CC3)nnn2-c2c(Cl)cccc2Cl)c(F)c1. The van der Waals surface area contributed by atoms with Crippen molar-refractivity contribution in [3.63, 3.8) is 0 Å². The number of halogens is 3. The van der Waals surface area contributed by atoms with Crippen LogP contribution in [0.15, 0.2) is 36.4 Å². The molecule has 3 aromatic rings. The molecule has 0 amide bonds. The lowest BCUT2D eigenvalue weighted by Crippen LogP contribution is -2.39. The lowest BCUT2D eigenvalue weighted by molar-refractivity contribution is -0.143. The Hall–Kier alpha value is -2.68. The molecule has 2 bridgehead atoms. The molecule has 10 heteroatoms. The average Bonchev–Trinajstić information content (AvgIpc) is 3.37. The standard InChI is InChI=1S/C29H31Cl2FN4O3/c1-2-38-27(37)11-7-17-6-10-24(23(32)12-17)35-15-19-13-20(35)14-26(19)39-16-25-28(18-8-9-18)33-34-36(25)29-21(30)4-3-5-22(29)31/h3-6,10,12,18-20,26H,2,7-9,11,13-16H2,1H3/t19-,20-,26+/m0/s1. The highest BCUT2D eigenvalue weighted by molar-refractivity contribution is 6.37. The maximum atomic E-state index is 15.1. The number of fused-ring (bicyclic) bond motifs is 2. The summed E-state index contributed by atoms with van der Waals surface area (Å²) < 4.78 is 28.3. The Morgan fingerprint density at radius 1 is 1.15 bits per heavy atom. The van der Waals surface area contributed by atoms with Crippen molar-refractivity contribution in [3.8, 4) is 5.69 Å². The van der Waals surface area contributed by atoms with E-state index in [0.29, 0.717) is 52.9 Å². The van der Waals surface area contributed by atoms with Gasteiger partial charge in [0.15, 0.2) is 0 Å². The van der Waals surface area contributed by atoms with Gasteiger partial charge in [-0.1, -0.05) is 40.5 Å². The third-order valence-corrected chi connectivity index (χ3v) is 8.67. The van der Waals surface area contributed by atoms with Gasteiger partial charge in [0.05, 0.1) is 46.4 Å². The summed E-state index contributed by atoms with van der Waals surface area (Å²) in [6.07, 6.45) is 4.79. The van der Waals surface area contributed by atoms with Crippen molar-refractivity contribution < 1.29 is 18.7 Å². The number of piperidine rings is 1. The first kappa shape index (κ1) is 26.5. The molecule has 0 spiro atoms. The number of ether oxygens (including phenoxy) is 2. The summed E-state index contributed by atoms with van der Waals surface area (Å²) in [5.41, 5.74) is 3.90. The summed E-state index contributed by atoms with van der Waals surface area (Å²) in [6.45, 7) is 3.25. The molecular weight excluding hydrogens is 542 g/mol. The molecule has 1 aliphatic heterocycles. The van der Waals surface area contributed by atoms with Crippen LogP contribution in [0.25, 0.3) is 5.69 Å². The van der Waals surface area contributed by atoms with Gasteiger partial charge in [0, 0.05) is 30.8 Å². The predicted molar refractivity (Wildman–Crippen MR) is 147 cm³/mol. The molecule has 6 rings (SSSR count). The Balaban J connectivity index is 1.11. The summed E-state index contributed by atoms with van der Waals surface area (Å²) >= 11 is 13.0. The van der Waals surface area contributed by atoms with Crippen LogP contribution in [0, 0.1) is 11.7 Å². The number of rotatable bonds is 10. The zero-order chi connectivity index (χ0) is 27.1. The van der Waals surface area contributed by atoms with Gasteiger partial charge >= 0.3 is 5.97 Å². The van der Waals surface area contributed by atoms with Crippen LogP contribution in [-0.2, 0) is 27.3 Å². The Labute approximate surface area is 237 Å². The van der Waals surface area contributed by atoms with Gasteiger partial charge in [-0.2, -0.15) is 0 Å². The number of anilines is 1. The Morgan fingerprint density at radius 3 is 2.62 bits per heavy atom. The second-order valence-corrected chi connectivity index (χ2v) is 11.5. The minimum absolute atomic E-state index is 0.0790. The highest BCUT2D eigenvalue weighted by Gasteiger charge is 2.46. The number of aromatic nitrogens is 3. The number of esters is 1. The second kappa shape index (κ2) is 11.1. The molecule has 1 saturated heterocycles. The van der Waals surface area contributed by atoms with E-state index < -0.39 is 0 Å². The van der Waals surface area contributed by atoms with Crippen molar-refractivity contribution >= 4 is 34.9 Å². The first-order valence-electron chi connectivity index (χ1n) is 13.6. The molecule has 2 heterocycles. The molecule has 2 aromatic carbocycles. The fourth-order valence-electron chi connectivity index (χ4n) is 6.00. The van der Waals surface area contributed by atoms with Gasteiger partial charge in [0.2, 0.25) is 0 Å². The van der Waals surface area contributed by atoms with E-state index in [-0.39, 0.29) is 30.4 Å². The number of hydrogen-bond donors (Lipinski definition) is 0. The minimum Gasteiger partial charge on any atom is -0.466 e. The third-order valence-electron chi connectivity index (χ3n) is 8.06. The zero-order valence-electron chi connectivity index (χ0n) is 21.8. The van der Waals surface area contributed by atoms with E-state index in [4.69, 9.17) is 32.7 Å². The zero-order valence-corrected chi connectivity index (χ0v) is 23.3. The van der Waals surface area contributed by atoms with Crippen LogP contribution in [0.4, 0.5) is 10.1 Å². The van der Waals surface area contributed by atoms with E-state index in [2.05, 4.69) is 15.2 Å². The van der Waals surface area contributed by atoms with Gasteiger partial charge in [-0.05, 0) is 68.9 Å². The highest BCUT2D eigenvalue weighted by atomic mass is 35.5. The van der Waals surface area contributed by atoms with Crippen molar-refractivity contribution in [2.24, 2.45) is 5.92 Å². The van der Waals surface area contributed by atoms with Gasteiger partial charge in [0.1, 0.15) is 11.5 Å². The normalized spacial score (nSPS) is 22.1. The monoisotopic (exact) mass is 572 g/mol. The Morgan fingerprint density at radius 2 is 1.95 bits per heavy atom. The molecule has 2 saturated carbocycles. The molecule has 7 nitrogen and oxygen atoms in total. The van der Waals surface area contributed by atoms with Crippen LogP contribution in [0.2, 0.25) is 10.0 Å². The van der Waals surface area contributed by atoms with Crippen LogP contribution >= 0.6 is 23.2 Å². The quantitative estimate of drug-likeness (QED) is 0.267. The predicted octanol–water partition coefficient (Wildman–Crippen LogP) is 6.27. The summed E-state index contributed by atoms with van der Waals surface area (Å²) in [6, 6.07) is 10.9. The van der Waals surface area contributed by atoms with Gasteiger partial charge in [-0.3, -0.25) is 4.79 Å². The van der Waals surface area contributed by atoms with Gasteiger partial charge in [0.25, 0.3) is 0 Å². The molecule has 39 heavy (non-hydrogen) atoms. The number of aryl methyl sites for hydroxylation is 1. The van der Waals surface area contributed by atoms with E-state index in [0.717, 1.165) is 49.2 Å². The first-order chi connectivity index (χ1) is 18.9. The third kappa shape index (κ3) is 5.39. The van der Waals surface area contributed by atoms with Crippen molar-refractivity contribution in [3.05, 3.63) is 69.2 Å². The summed E-state index contributed by atoms with van der Waals surface area (Å²) in [7, 11) is 0. The molecule has 0 unspecified atom stereocenters.